The van der Waals surface area contributed by atoms with Crippen molar-refractivity contribution in [2.24, 2.45) is 0 Å². The minimum absolute atomic E-state index is 0.728. The van der Waals surface area contributed by atoms with Crippen molar-refractivity contribution in [2.45, 2.75) is 23.0 Å². The number of anilines is 1. The standard InChI is InChI=1S/C21H21N5O2S/c1-27-16-7-8-18(28-2)19(11-16)29-21-25-17-12-23-13-24-20(17)26(21)10-9-14-3-5-15(22)6-4-14/h3-8,11-13H,9-10,22H2,1-2H3. The molecule has 0 radical (unpaired) electrons. The molecule has 0 spiro atoms. The summed E-state index contributed by atoms with van der Waals surface area (Å²) in [5.74, 6) is 1.52. The molecule has 0 saturated carbocycles. The molecule has 0 unspecified atom stereocenters. The van der Waals surface area contributed by atoms with E-state index in [1.165, 1.54) is 17.3 Å². The fraction of sp³-hybridized carbons (Fsp3) is 0.190. The second kappa shape index (κ2) is 8.40. The van der Waals surface area contributed by atoms with Crippen molar-refractivity contribution in [1.29, 1.82) is 0 Å². The normalized spacial score (nSPS) is 11.0. The van der Waals surface area contributed by atoms with Crippen LogP contribution in [0.4, 0.5) is 5.69 Å². The molecule has 0 saturated heterocycles. The molecule has 0 bridgehead atoms. The van der Waals surface area contributed by atoms with Crippen molar-refractivity contribution in [3.8, 4) is 11.5 Å². The molecule has 29 heavy (non-hydrogen) atoms. The van der Waals surface area contributed by atoms with Gasteiger partial charge >= 0.3 is 0 Å². The number of methoxy groups -OCH3 is 2. The third kappa shape index (κ3) is 4.12. The third-order valence-electron chi connectivity index (χ3n) is 4.55. The number of aromatic nitrogens is 4. The Morgan fingerprint density at radius 2 is 1.90 bits per heavy atom. The molecule has 0 fully saturated rings. The maximum atomic E-state index is 5.80. The number of rotatable bonds is 7. The van der Waals surface area contributed by atoms with Crippen LogP contribution in [0, 0.1) is 0 Å². The van der Waals surface area contributed by atoms with Gasteiger partial charge in [0.1, 0.15) is 23.3 Å². The van der Waals surface area contributed by atoms with Crippen molar-refractivity contribution < 1.29 is 9.47 Å². The predicted molar refractivity (Wildman–Crippen MR) is 114 cm³/mol. The van der Waals surface area contributed by atoms with Crippen LogP contribution in [-0.4, -0.2) is 33.7 Å². The maximum Gasteiger partial charge on any atom is 0.175 e. The molecular weight excluding hydrogens is 386 g/mol. The van der Waals surface area contributed by atoms with Gasteiger partial charge in [-0.15, -0.1) is 0 Å². The van der Waals surface area contributed by atoms with E-state index in [0.29, 0.717) is 0 Å². The number of hydrogen-bond donors (Lipinski definition) is 1. The number of hydrogen-bond acceptors (Lipinski definition) is 7. The lowest BCUT2D eigenvalue weighted by molar-refractivity contribution is 0.394. The van der Waals surface area contributed by atoms with Crippen LogP contribution in [-0.2, 0) is 13.0 Å². The lowest BCUT2D eigenvalue weighted by Gasteiger charge is -2.12. The van der Waals surface area contributed by atoms with Gasteiger partial charge in [0.15, 0.2) is 10.8 Å². The summed E-state index contributed by atoms with van der Waals surface area (Å²) in [5, 5.41) is 0.822. The van der Waals surface area contributed by atoms with Gasteiger partial charge in [0, 0.05) is 12.2 Å². The van der Waals surface area contributed by atoms with Crippen LogP contribution in [0.2, 0.25) is 0 Å². The smallest absolute Gasteiger partial charge is 0.175 e. The van der Waals surface area contributed by atoms with E-state index < -0.39 is 0 Å². The van der Waals surface area contributed by atoms with E-state index in [1.807, 2.05) is 42.5 Å². The molecule has 0 aliphatic rings. The highest BCUT2D eigenvalue weighted by molar-refractivity contribution is 7.99. The lowest BCUT2D eigenvalue weighted by atomic mass is 10.1. The second-order valence-electron chi connectivity index (χ2n) is 6.39. The summed E-state index contributed by atoms with van der Waals surface area (Å²) in [6, 6.07) is 13.6. The molecule has 0 aliphatic heterocycles. The highest BCUT2D eigenvalue weighted by Gasteiger charge is 2.16. The van der Waals surface area contributed by atoms with Gasteiger partial charge in [0.25, 0.3) is 0 Å². The van der Waals surface area contributed by atoms with Crippen LogP contribution in [0.1, 0.15) is 5.56 Å². The SMILES string of the molecule is COc1ccc(OC)c(Sc2nc3cncnc3n2CCc2ccc(N)cc2)c1. The van der Waals surface area contributed by atoms with Gasteiger partial charge in [0.05, 0.1) is 25.3 Å². The average Bonchev–Trinajstić information content (AvgIpc) is 3.10. The van der Waals surface area contributed by atoms with E-state index in [4.69, 9.17) is 20.2 Å². The Balaban J connectivity index is 1.69. The number of ether oxygens (including phenoxy) is 2. The summed E-state index contributed by atoms with van der Waals surface area (Å²) in [7, 11) is 3.30. The summed E-state index contributed by atoms with van der Waals surface area (Å²) in [4.78, 5) is 14.2. The van der Waals surface area contributed by atoms with Crippen molar-refractivity contribution in [3.63, 3.8) is 0 Å². The van der Waals surface area contributed by atoms with E-state index in [2.05, 4.69) is 14.5 Å². The summed E-state index contributed by atoms with van der Waals surface area (Å²) < 4.78 is 13.0. The Labute approximate surface area is 172 Å². The Bertz CT molecular complexity index is 1130. The van der Waals surface area contributed by atoms with Crippen LogP contribution in [0.25, 0.3) is 11.2 Å². The minimum Gasteiger partial charge on any atom is -0.497 e. The quantitative estimate of drug-likeness (QED) is 0.466. The third-order valence-corrected chi connectivity index (χ3v) is 5.58. The first-order chi connectivity index (χ1) is 14.2. The molecule has 148 valence electrons. The van der Waals surface area contributed by atoms with Crippen molar-refractivity contribution in [1.82, 2.24) is 19.5 Å². The van der Waals surface area contributed by atoms with Gasteiger partial charge in [-0.05, 0) is 54.1 Å². The highest BCUT2D eigenvalue weighted by atomic mass is 32.2. The zero-order valence-corrected chi connectivity index (χ0v) is 17.0. The number of benzene rings is 2. The van der Waals surface area contributed by atoms with Crippen LogP contribution >= 0.6 is 11.8 Å². The van der Waals surface area contributed by atoms with Gasteiger partial charge < -0.3 is 19.8 Å². The number of imidazole rings is 1. The highest BCUT2D eigenvalue weighted by Crippen LogP contribution is 2.38. The van der Waals surface area contributed by atoms with Crippen LogP contribution in [0.5, 0.6) is 11.5 Å². The Hall–Kier alpha value is -3.26. The van der Waals surface area contributed by atoms with Crippen LogP contribution in [0.3, 0.4) is 0 Å². The molecule has 2 aromatic carbocycles. The second-order valence-corrected chi connectivity index (χ2v) is 7.40. The number of nitrogen functional groups attached to an aromatic ring is 1. The molecule has 2 heterocycles. The first-order valence-corrected chi connectivity index (χ1v) is 9.90. The van der Waals surface area contributed by atoms with E-state index in [1.54, 1.807) is 26.7 Å². The molecule has 2 N–H and O–H groups in total. The number of fused-ring (bicyclic) bond motifs is 1. The summed E-state index contributed by atoms with van der Waals surface area (Å²) in [5.41, 5.74) is 9.32. The van der Waals surface area contributed by atoms with E-state index in [9.17, 15) is 0 Å². The fourth-order valence-electron chi connectivity index (χ4n) is 3.02. The fourth-order valence-corrected chi connectivity index (χ4v) is 4.08. The average molecular weight is 407 g/mol. The monoisotopic (exact) mass is 407 g/mol. The van der Waals surface area contributed by atoms with Crippen LogP contribution in [0.15, 0.2) is 65.0 Å². The first kappa shape index (κ1) is 19.1. The Kier molecular flexibility index (Phi) is 5.53. The molecule has 8 heteroatoms. The van der Waals surface area contributed by atoms with E-state index >= 15 is 0 Å². The van der Waals surface area contributed by atoms with Crippen molar-refractivity contribution >= 4 is 28.6 Å². The summed E-state index contributed by atoms with van der Waals surface area (Å²) >= 11 is 1.52. The predicted octanol–water partition coefficient (Wildman–Crippen LogP) is 3.82. The van der Waals surface area contributed by atoms with E-state index in [0.717, 1.165) is 51.4 Å². The minimum atomic E-state index is 0.728. The molecule has 7 nitrogen and oxygen atoms in total. The number of aryl methyl sites for hydroxylation is 2. The summed E-state index contributed by atoms with van der Waals surface area (Å²) in [6.07, 6.45) is 4.11. The molecule has 0 aliphatic carbocycles. The molecule has 0 atom stereocenters. The van der Waals surface area contributed by atoms with E-state index in [-0.39, 0.29) is 0 Å². The first-order valence-electron chi connectivity index (χ1n) is 9.08. The largest absolute Gasteiger partial charge is 0.497 e. The van der Waals surface area contributed by atoms with Crippen molar-refractivity contribution in [2.75, 3.05) is 20.0 Å². The van der Waals surface area contributed by atoms with Gasteiger partial charge in [-0.3, -0.25) is 0 Å². The number of nitrogens with zero attached hydrogens (tertiary/aromatic N) is 4. The molecular formula is C21H21N5O2S. The van der Waals surface area contributed by atoms with Crippen LogP contribution < -0.4 is 15.2 Å². The van der Waals surface area contributed by atoms with Gasteiger partial charge in [0.2, 0.25) is 0 Å². The molecule has 4 aromatic rings. The van der Waals surface area contributed by atoms with Gasteiger partial charge in [-0.25, -0.2) is 15.0 Å². The maximum absolute atomic E-state index is 5.80. The Morgan fingerprint density at radius 3 is 2.66 bits per heavy atom. The van der Waals surface area contributed by atoms with Gasteiger partial charge in [-0.1, -0.05) is 12.1 Å². The summed E-state index contributed by atoms with van der Waals surface area (Å²) in [6.45, 7) is 0.728. The van der Waals surface area contributed by atoms with Crippen molar-refractivity contribution in [3.05, 3.63) is 60.6 Å². The lowest BCUT2D eigenvalue weighted by Crippen LogP contribution is -2.04. The zero-order valence-electron chi connectivity index (χ0n) is 16.2. The van der Waals surface area contributed by atoms with Gasteiger partial charge in [-0.2, -0.15) is 0 Å². The number of nitrogens with two attached hydrogens (primary N) is 1. The zero-order chi connectivity index (χ0) is 20.2. The molecule has 0 amide bonds. The molecule has 4 rings (SSSR count). The Morgan fingerprint density at radius 1 is 1.07 bits per heavy atom. The topological polar surface area (TPSA) is 88.1 Å². The molecule has 2 aromatic heterocycles.